The predicted molar refractivity (Wildman–Crippen MR) is 94.1 cm³/mol. The fraction of sp³-hybridized carbons (Fsp3) is 0.588. The van der Waals surface area contributed by atoms with Crippen molar-refractivity contribution in [3.63, 3.8) is 0 Å². The highest BCUT2D eigenvalue weighted by molar-refractivity contribution is 9.10. The van der Waals surface area contributed by atoms with E-state index in [-0.39, 0.29) is 16.8 Å². The summed E-state index contributed by atoms with van der Waals surface area (Å²) in [5.74, 6) is 0.852. The molecule has 2 fully saturated rings. The molecule has 0 saturated heterocycles. The van der Waals surface area contributed by atoms with E-state index in [2.05, 4.69) is 27.6 Å². The third-order valence-electron chi connectivity index (χ3n) is 5.31. The van der Waals surface area contributed by atoms with E-state index in [0.717, 1.165) is 31.2 Å². The normalized spacial score (nSPS) is 21.9. The van der Waals surface area contributed by atoms with Crippen LogP contribution < -0.4 is 4.72 Å². The van der Waals surface area contributed by atoms with Crippen LogP contribution in [0.25, 0.3) is 0 Å². The van der Waals surface area contributed by atoms with Crippen molar-refractivity contribution in [1.82, 2.24) is 9.62 Å². The third kappa shape index (κ3) is 3.02. The lowest BCUT2D eigenvalue weighted by Gasteiger charge is -2.24. The zero-order chi connectivity index (χ0) is 17.1. The number of halogens is 1. The van der Waals surface area contributed by atoms with Gasteiger partial charge < -0.3 is 4.90 Å². The highest BCUT2D eigenvalue weighted by Crippen LogP contribution is 2.40. The van der Waals surface area contributed by atoms with Crippen molar-refractivity contribution in [1.29, 1.82) is 0 Å². The summed E-state index contributed by atoms with van der Waals surface area (Å²) in [6.07, 6.45) is 4.45. The summed E-state index contributed by atoms with van der Waals surface area (Å²) in [6, 6.07) is 3.59. The van der Waals surface area contributed by atoms with Crippen LogP contribution in [-0.2, 0) is 16.6 Å². The molecule has 1 aromatic carbocycles. The lowest BCUT2D eigenvalue weighted by Crippen LogP contribution is -2.35. The van der Waals surface area contributed by atoms with Crippen molar-refractivity contribution in [3.8, 4) is 0 Å². The summed E-state index contributed by atoms with van der Waals surface area (Å²) < 4.78 is 28.9. The molecule has 5 nitrogen and oxygen atoms in total. The molecule has 130 valence electrons. The molecular formula is C17H21BrN2O3S. The number of carbonyl (C=O) groups is 1. The van der Waals surface area contributed by atoms with Crippen LogP contribution in [0.5, 0.6) is 0 Å². The number of hydrogen-bond donors (Lipinski definition) is 1. The molecule has 3 aliphatic rings. The number of fused-ring (bicyclic) bond motifs is 1. The lowest BCUT2D eigenvalue weighted by molar-refractivity contribution is 0.0694. The minimum absolute atomic E-state index is 0.114. The molecular weight excluding hydrogens is 392 g/mol. The van der Waals surface area contributed by atoms with Crippen molar-refractivity contribution in [3.05, 3.63) is 27.7 Å². The Morgan fingerprint density at radius 2 is 2.00 bits per heavy atom. The second-order valence-electron chi connectivity index (χ2n) is 7.24. The molecule has 0 spiro atoms. The van der Waals surface area contributed by atoms with E-state index in [1.165, 1.54) is 0 Å². The Morgan fingerprint density at radius 1 is 1.29 bits per heavy atom. The zero-order valence-electron chi connectivity index (χ0n) is 13.6. The molecule has 2 saturated carbocycles. The van der Waals surface area contributed by atoms with Gasteiger partial charge in [-0.15, -0.1) is 0 Å². The standard InChI is InChI=1S/C17H21BrN2O3S/c1-10(12-4-5-12)20-9-13-6-14(18)7-15(16(13)17(20)21)24(22,23)19-8-11-2-3-11/h6-7,10-12,19H,2-5,8-9H2,1H3/t10-/m0/s1. The largest absolute Gasteiger partial charge is 0.331 e. The lowest BCUT2D eigenvalue weighted by atomic mass is 10.1. The fourth-order valence-corrected chi connectivity index (χ4v) is 5.44. The predicted octanol–water partition coefficient (Wildman–Crippen LogP) is 2.89. The van der Waals surface area contributed by atoms with Gasteiger partial charge in [0.1, 0.15) is 0 Å². The third-order valence-corrected chi connectivity index (χ3v) is 7.21. The molecule has 1 atom stereocenters. The SMILES string of the molecule is C[C@@H](C1CC1)N1Cc2cc(Br)cc(S(=O)(=O)NCC3CC3)c2C1=O. The van der Waals surface area contributed by atoms with Crippen LogP contribution in [0.2, 0.25) is 0 Å². The molecule has 4 rings (SSSR count). The van der Waals surface area contributed by atoms with Gasteiger partial charge in [-0.25, -0.2) is 13.1 Å². The smallest absolute Gasteiger partial charge is 0.256 e. The Morgan fingerprint density at radius 3 is 2.62 bits per heavy atom. The van der Waals surface area contributed by atoms with Crippen LogP contribution in [0.3, 0.4) is 0 Å². The number of amides is 1. The zero-order valence-corrected chi connectivity index (χ0v) is 16.0. The molecule has 0 bridgehead atoms. The average molecular weight is 413 g/mol. The fourth-order valence-electron chi connectivity index (χ4n) is 3.40. The maximum absolute atomic E-state index is 12.9. The first-order chi connectivity index (χ1) is 11.4. The van der Waals surface area contributed by atoms with Crippen LogP contribution in [0, 0.1) is 11.8 Å². The Bertz CT molecular complexity index is 800. The van der Waals surface area contributed by atoms with Gasteiger partial charge in [-0.05, 0) is 62.1 Å². The van der Waals surface area contributed by atoms with E-state index < -0.39 is 10.0 Å². The Kier molecular flexibility index (Phi) is 4.01. The summed E-state index contributed by atoms with van der Waals surface area (Å²) in [7, 11) is -3.68. The van der Waals surface area contributed by atoms with Crippen LogP contribution in [0.15, 0.2) is 21.5 Å². The summed E-state index contributed by atoms with van der Waals surface area (Å²) in [6.45, 7) is 3.02. The maximum Gasteiger partial charge on any atom is 0.256 e. The Balaban J connectivity index is 1.68. The van der Waals surface area contributed by atoms with E-state index in [0.29, 0.717) is 35.0 Å². The molecule has 0 unspecified atom stereocenters. The van der Waals surface area contributed by atoms with Crippen molar-refractivity contribution < 1.29 is 13.2 Å². The molecule has 24 heavy (non-hydrogen) atoms. The summed E-state index contributed by atoms with van der Waals surface area (Å²) in [5, 5.41) is 0. The van der Waals surface area contributed by atoms with Gasteiger partial charge in [-0.2, -0.15) is 0 Å². The number of nitrogens with zero attached hydrogens (tertiary/aromatic N) is 1. The number of nitrogens with one attached hydrogen (secondary N) is 1. The molecule has 1 N–H and O–H groups in total. The van der Waals surface area contributed by atoms with Gasteiger partial charge in [-0.3, -0.25) is 4.79 Å². The van der Waals surface area contributed by atoms with E-state index in [9.17, 15) is 13.2 Å². The van der Waals surface area contributed by atoms with Gasteiger partial charge in [0.25, 0.3) is 5.91 Å². The number of rotatable bonds is 6. The summed E-state index contributed by atoms with van der Waals surface area (Å²) >= 11 is 3.40. The average Bonchev–Trinajstić information content (AvgIpc) is 3.43. The van der Waals surface area contributed by atoms with Crippen LogP contribution in [0.4, 0.5) is 0 Å². The first kappa shape index (κ1) is 16.5. The molecule has 1 aliphatic heterocycles. The molecule has 2 aliphatic carbocycles. The van der Waals surface area contributed by atoms with Gasteiger partial charge in [0, 0.05) is 23.6 Å². The number of sulfonamides is 1. The second kappa shape index (κ2) is 5.81. The van der Waals surface area contributed by atoms with Crippen molar-refractivity contribution in [2.75, 3.05) is 6.54 Å². The van der Waals surface area contributed by atoms with E-state index in [1.807, 2.05) is 11.0 Å². The van der Waals surface area contributed by atoms with Crippen LogP contribution in [0.1, 0.15) is 48.5 Å². The Hall–Kier alpha value is -0.920. The summed E-state index contributed by atoms with van der Waals surface area (Å²) in [5.41, 5.74) is 1.16. The molecule has 1 amide bonds. The van der Waals surface area contributed by atoms with Gasteiger partial charge in [0.15, 0.2) is 0 Å². The molecule has 0 radical (unpaired) electrons. The topological polar surface area (TPSA) is 66.5 Å². The molecule has 1 heterocycles. The number of carbonyl (C=O) groups excluding carboxylic acids is 1. The minimum Gasteiger partial charge on any atom is -0.331 e. The monoisotopic (exact) mass is 412 g/mol. The first-order valence-electron chi connectivity index (χ1n) is 8.50. The van der Waals surface area contributed by atoms with Crippen molar-refractivity contribution in [2.24, 2.45) is 11.8 Å². The second-order valence-corrected chi connectivity index (χ2v) is 9.90. The van der Waals surface area contributed by atoms with Gasteiger partial charge in [0.2, 0.25) is 10.0 Å². The molecule has 0 aromatic heterocycles. The van der Waals surface area contributed by atoms with Crippen molar-refractivity contribution >= 4 is 31.9 Å². The van der Waals surface area contributed by atoms with Crippen LogP contribution >= 0.6 is 15.9 Å². The van der Waals surface area contributed by atoms with Crippen LogP contribution in [-0.4, -0.2) is 31.8 Å². The quantitative estimate of drug-likeness (QED) is 0.780. The van der Waals surface area contributed by atoms with Crippen molar-refractivity contribution in [2.45, 2.75) is 50.1 Å². The molecule has 7 heteroatoms. The van der Waals surface area contributed by atoms with E-state index in [4.69, 9.17) is 0 Å². The molecule has 1 aromatic rings. The highest BCUT2D eigenvalue weighted by Gasteiger charge is 2.41. The van der Waals surface area contributed by atoms with E-state index in [1.54, 1.807) is 6.07 Å². The minimum atomic E-state index is -3.68. The van der Waals surface area contributed by atoms with Gasteiger partial charge >= 0.3 is 0 Å². The number of hydrogen-bond acceptors (Lipinski definition) is 3. The Labute approximate surface area is 151 Å². The van der Waals surface area contributed by atoms with Gasteiger partial charge in [0.05, 0.1) is 10.5 Å². The number of benzene rings is 1. The highest BCUT2D eigenvalue weighted by atomic mass is 79.9. The summed E-state index contributed by atoms with van der Waals surface area (Å²) in [4.78, 5) is 14.9. The first-order valence-corrected chi connectivity index (χ1v) is 10.8. The van der Waals surface area contributed by atoms with E-state index >= 15 is 0 Å². The maximum atomic E-state index is 12.9. The van der Waals surface area contributed by atoms with Gasteiger partial charge in [-0.1, -0.05) is 15.9 Å².